The molecule has 1 amide bonds. The number of aliphatic hydroxyl groups is 1. The Balaban J connectivity index is 1.51. The lowest BCUT2D eigenvalue weighted by Crippen LogP contribution is -2.55. The van der Waals surface area contributed by atoms with Crippen molar-refractivity contribution in [1.82, 2.24) is 14.9 Å². The molecule has 0 saturated carbocycles. The number of allylic oxidation sites excluding steroid dienone is 2. The average Bonchev–Trinajstić information content (AvgIpc) is 3.28. The molecule has 2 aromatic heterocycles. The first kappa shape index (κ1) is 20.6. The standard InChI is InChI=1S/C24H23FN4O2/c1-2-24(12-4-3-5-21(24)30)28-23(31)17-11-14-29(16-17)20-10-13-26-22(15-20)27-19-8-6-18(25)7-9-19/h3-16,21,30H,2H2,1H3,(H,26,27)(H,28,31). The van der Waals surface area contributed by atoms with Crippen LogP contribution in [0.25, 0.3) is 5.69 Å². The highest BCUT2D eigenvalue weighted by atomic mass is 19.1. The Morgan fingerprint density at radius 3 is 2.77 bits per heavy atom. The molecule has 1 aliphatic rings. The summed E-state index contributed by atoms with van der Waals surface area (Å²) in [6.45, 7) is 1.92. The van der Waals surface area contributed by atoms with E-state index in [4.69, 9.17) is 0 Å². The van der Waals surface area contributed by atoms with Gasteiger partial charge in [0.2, 0.25) is 0 Å². The van der Waals surface area contributed by atoms with Crippen molar-refractivity contribution in [2.75, 3.05) is 5.32 Å². The van der Waals surface area contributed by atoms with Crippen molar-refractivity contribution in [1.29, 1.82) is 0 Å². The van der Waals surface area contributed by atoms with E-state index in [-0.39, 0.29) is 11.7 Å². The molecule has 0 bridgehead atoms. The van der Waals surface area contributed by atoms with E-state index >= 15 is 0 Å². The molecular formula is C24H23FN4O2. The maximum atomic E-state index is 13.1. The van der Waals surface area contributed by atoms with Gasteiger partial charge in [0.15, 0.2) is 0 Å². The molecule has 3 N–H and O–H groups in total. The summed E-state index contributed by atoms with van der Waals surface area (Å²) in [5.74, 6) is 0.0248. The highest BCUT2D eigenvalue weighted by molar-refractivity contribution is 5.95. The van der Waals surface area contributed by atoms with Crippen LogP contribution in [0.15, 0.2) is 85.4 Å². The van der Waals surface area contributed by atoms with Gasteiger partial charge in [-0.3, -0.25) is 4.79 Å². The number of nitrogens with zero attached hydrogens (tertiary/aromatic N) is 2. The second-order valence-corrected chi connectivity index (χ2v) is 7.38. The van der Waals surface area contributed by atoms with E-state index < -0.39 is 11.6 Å². The van der Waals surface area contributed by atoms with Gasteiger partial charge < -0.3 is 20.3 Å². The number of carbonyl (C=O) groups is 1. The van der Waals surface area contributed by atoms with Crippen LogP contribution in [0.1, 0.15) is 23.7 Å². The van der Waals surface area contributed by atoms with Crippen LogP contribution in [0.4, 0.5) is 15.9 Å². The zero-order chi connectivity index (χ0) is 21.8. The van der Waals surface area contributed by atoms with E-state index in [0.29, 0.717) is 17.8 Å². The smallest absolute Gasteiger partial charge is 0.253 e. The number of rotatable bonds is 6. The highest BCUT2D eigenvalue weighted by Crippen LogP contribution is 2.24. The molecule has 0 saturated heterocycles. The molecule has 6 nitrogen and oxygen atoms in total. The molecule has 0 fully saturated rings. The van der Waals surface area contributed by atoms with Crippen LogP contribution >= 0.6 is 0 Å². The minimum absolute atomic E-state index is 0.265. The Bertz CT molecular complexity index is 1140. The van der Waals surface area contributed by atoms with E-state index in [1.165, 1.54) is 12.1 Å². The fourth-order valence-corrected chi connectivity index (χ4v) is 3.50. The van der Waals surface area contributed by atoms with Gasteiger partial charge in [-0.25, -0.2) is 9.37 Å². The van der Waals surface area contributed by atoms with Gasteiger partial charge in [-0.15, -0.1) is 0 Å². The van der Waals surface area contributed by atoms with Crippen LogP contribution in [-0.2, 0) is 0 Å². The van der Waals surface area contributed by atoms with Crippen molar-refractivity contribution < 1.29 is 14.3 Å². The normalized spacial score (nSPS) is 19.9. The topological polar surface area (TPSA) is 79.2 Å². The maximum absolute atomic E-state index is 13.1. The van der Waals surface area contributed by atoms with Crippen LogP contribution in [0, 0.1) is 5.82 Å². The van der Waals surface area contributed by atoms with Crippen LogP contribution in [-0.4, -0.2) is 32.2 Å². The van der Waals surface area contributed by atoms with Gasteiger partial charge in [-0.2, -0.15) is 0 Å². The van der Waals surface area contributed by atoms with Gasteiger partial charge in [0, 0.05) is 30.3 Å². The first-order valence-corrected chi connectivity index (χ1v) is 10.0. The van der Waals surface area contributed by atoms with E-state index in [1.54, 1.807) is 48.9 Å². The molecule has 0 aliphatic heterocycles. The number of hydrogen-bond donors (Lipinski definition) is 3. The number of anilines is 2. The Kier molecular flexibility index (Phi) is 5.68. The van der Waals surface area contributed by atoms with Crippen molar-refractivity contribution >= 4 is 17.4 Å². The number of aliphatic hydroxyl groups excluding tert-OH is 1. The molecule has 0 radical (unpaired) electrons. The minimum Gasteiger partial charge on any atom is -0.386 e. The molecule has 0 spiro atoms. The summed E-state index contributed by atoms with van der Waals surface area (Å²) < 4.78 is 14.9. The Hall–Kier alpha value is -3.71. The van der Waals surface area contributed by atoms with E-state index in [2.05, 4.69) is 15.6 Å². The second-order valence-electron chi connectivity index (χ2n) is 7.38. The summed E-state index contributed by atoms with van der Waals surface area (Å²) in [6.07, 6.45) is 12.0. The molecule has 2 unspecified atom stereocenters. The molecule has 1 aromatic carbocycles. The fraction of sp³-hybridized carbons (Fsp3) is 0.167. The molecule has 3 aromatic rings. The maximum Gasteiger partial charge on any atom is 0.253 e. The summed E-state index contributed by atoms with van der Waals surface area (Å²) >= 11 is 0. The molecule has 158 valence electrons. The summed E-state index contributed by atoms with van der Waals surface area (Å²) in [5, 5.41) is 16.5. The number of hydrogen-bond acceptors (Lipinski definition) is 4. The van der Waals surface area contributed by atoms with Crippen molar-refractivity contribution in [3.8, 4) is 5.69 Å². The lowest BCUT2D eigenvalue weighted by Gasteiger charge is -2.35. The SMILES string of the molecule is CCC1(NC(=O)c2ccn(-c3ccnc(Nc4ccc(F)cc4)c3)c2)C=CC=CC1O. The zero-order valence-corrected chi connectivity index (χ0v) is 17.0. The van der Waals surface area contributed by atoms with Gasteiger partial charge in [0.25, 0.3) is 5.91 Å². The molecular weight excluding hydrogens is 395 g/mol. The quantitative estimate of drug-likeness (QED) is 0.563. The van der Waals surface area contributed by atoms with Crippen molar-refractivity contribution in [2.24, 2.45) is 0 Å². The number of aromatic nitrogens is 2. The van der Waals surface area contributed by atoms with E-state index in [1.807, 2.05) is 35.8 Å². The summed E-state index contributed by atoms with van der Waals surface area (Å²) in [4.78, 5) is 17.1. The monoisotopic (exact) mass is 418 g/mol. The largest absolute Gasteiger partial charge is 0.386 e. The van der Waals surface area contributed by atoms with Gasteiger partial charge in [-0.1, -0.05) is 31.2 Å². The van der Waals surface area contributed by atoms with Crippen LogP contribution < -0.4 is 10.6 Å². The molecule has 2 heterocycles. The summed E-state index contributed by atoms with van der Waals surface area (Å²) in [7, 11) is 0. The van der Waals surface area contributed by atoms with Gasteiger partial charge >= 0.3 is 0 Å². The van der Waals surface area contributed by atoms with Gasteiger partial charge in [0.1, 0.15) is 11.6 Å². The lowest BCUT2D eigenvalue weighted by atomic mass is 9.85. The second kappa shape index (κ2) is 8.57. The molecule has 31 heavy (non-hydrogen) atoms. The van der Waals surface area contributed by atoms with Crippen molar-refractivity contribution in [3.63, 3.8) is 0 Å². The number of nitrogens with one attached hydrogen (secondary N) is 2. The molecule has 2 atom stereocenters. The average molecular weight is 418 g/mol. The van der Waals surface area contributed by atoms with Crippen molar-refractivity contribution in [2.45, 2.75) is 25.0 Å². The van der Waals surface area contributed by atoms with Gasteiger partial charge in [-0.05, 0) is 42.8 Å². The zero-order valence-electron chi connectivity index (χ0n) is 17.0. The predicted molar refractivity (Wildman–Crippen MR) is 118 cm³/mol. The van der Waals surface area contributed by atoms with Crippen LogP contribution in [0.3, 0.4) is 0 Å². The Morgan fingerprint density at radius 2 is 2.03 bits per heavy atom. The predicted octanol–water partition coefficient (Wildman–Crippen LogP) is 4.12. The molecule has 1 aliphatic carbocycles. The fourth-order valence-electron chi connectivity index (χ4n) is 3.50. The Morgan fingerprint density at radius 1 is 1.23 bits per heavy atom. The number of pyridine rings is 1. The van der Waals surface area contributed by atoms with E-state index in [9.17, 15) is 14.3 Å². The first-order chi connectivity index (χ1) is 15.0. The highest BCUT2D eigenvalue weighted by Gasteiger charge is 2.35. The van der Waals surface area contributed by atoms with E-state index in [0.717, 1.165) is 11.4 Å². The lowest BCUT2D eigenvalue weighted by molar-refractivity contribution is 0.0789. The minimum atomic E-state index is -0.823. The third-order valence-corrected chi connectivity index (χ3v) is 5.37. The third kappa shape index (κ3) is 4.41. The number of amides is 1. The number of carbonyl (C=O) groups excluding carboxylic acids is 1. The molecule has 7 heteroatoms. The summed E-state index contributed by atoms with van der Waals surface area (Å²) in [5.41, 5.74) is 1.19. The number of benzene rings is 1. The van der Waals surface area contributed by atoms with Crippen molar-refractivity contribution in [3.05, 3.63) is 96.7 Å². The number of halogens is 1. The van der Waals surface area contributed by atoms with Crippen LogP contribution in [0.2, 0.25) is 0 Å². The summed E-state index contributed by atoms with van der Waals surface area (Å²) in [6, 6.07) is 11.4. The van der Waals surface area contributed by atoms with Crippen LogP contribution in [0.5, 0.6) is 0 Å². The molecule has 4 rings (SSSR count). The first-order valence-electron chi connectivity index (χ1n) is 10.0. The Labute approximate surface area is 179 Å². The van der Waals surface area contributed by atoms with Gasteiger partial charge in [0.05, 0.1) is 22.9 Å². The third-order valence-electron chi connectivity index (χ3n) is 5.37.